The van der Waals surface area contributed by atoms with Gasteiger partial charge in [0.25, 0.3) is 0 Å². The van der Waals surface area contributed by atoms with Crippen LogP contribution in [-0.4, -0.2) is 34.6 Å². The Hall–Kier alpha value is -0.570. The van der Waals surface area contributed by atoms with E-state index < -0.39 is 5.97 Å². The summed E-state index contributed by atoms with van der Waals surface area (Å²) in [4.78, 5) is 14.2. The Morgan fingerprint density at radius 1 is 0.842 bits per heavy atom. The number of hydrogen-bond acceptors (Lipinski definition) is 2. The number of hydrogen-bond donors (Lipinski definition) is 1. The van der Waals surface area contributed by atoms with Crippen molar-refractivity contribution in [1.29, 1.82) is 0 Å². The normalized spacial score (nSPS) is 40.6. The van der Waals surface area contributed by atoms with Crippen molar-refractivity contribution in [2.45, 2.75) is 76.3 Å². The Morgan fingerprint density at radius 2 is 1.47 bits per heavy atom. The van der Waals surface area contributed by atoms with Gasteiger partial charge in [0.05, 0.1) is 5.92 Å². The van der Waals surface area contributed by atoms with Gasteiger partial charge >= 0.3 is 5.97 Å². The van der Waals surface area contributed by atoms with Crippen LogP contribution >= 0.6 is 0 Å². The summed E-state index contributed by atoms with van der Waals surface area (Å²) in [5, 5.41) is 9.51. The maximum atomic E-state index is 11.5. The molecule has 0 radical (unpaired) electrons. The lowest BCUT2D eigenvalue weighted by atomic mass is 9.75. The van der Waals surface area contributed by atoms with Crippen LogP contribution in [0, 0.1) is 11.8 Å². The van der Waals surface area contributed by atoms with Crippen molar-refractivity contribution in [3.63, 3.8) is 0 Å². The van der Waals surface area contributed by atoms with Crippen molar-refractivity contribution in [2.24, 2.45) is 11.8 Å². The molecule has 3 rings (SSSR count). The number of aliphatic carboxylic acids is 1. The van der Waals surface area contributed by atoms with Crippen LogP contribution in [0.2, 0.25) is 0 Å². The lowest BCUT2D eigenvalue weighted by Gasteiger charge is -2.50. The predicted octanol–water partition coefficient (Wildman–Crippen LogP) is 3.28. The Morgan fingerprint density at radius 3 is 2.26 bits per heavy atom. The van der Waals surface area contributed by atoms with Crippen molar-refractivity contribution in [2.75, 3.05) is 6.54 Å². The highest BCUT2D eigenvalue weighted by atomic mass is 16.4. The van der Waals surface area contributed by atoms with Gasteiger partial charge in [-0.15, -0.1) is 0 Å². The Bertz CT molecular complexity index is 329. The van der Waals surface area contributed by atoms with E-state index in [1.807, 2.05) is 0 Å². The van der Waals surface area contributed by atoms with Crippen LogP contribution in [0.1, 0.15) is 64.2 Å². The van der Waals surface area contributed by atoms with Crippen LogP contribution in [0.5, 0.6) is 0 Å². The molecule has 1 aliphatic heterocycles. The molecule has 3 heteroatoms. The van der Waals surface area contributed by atoms with Crippen molar-refractivity contribution < 1.29 is 9.90 Å². The molecule has 1 heterocycles. The lowest BCUT2D eigenvalue weighted by molar-refractivity contribution is -0.147. The molecule has 1 N–H and O–H groups in total. The first-order valence-corrected chi connectivity index (χ1v) is 8.26. The van der Waals surface area contributed by atoms with Crippen molar-refractivity contribution in [1.82, 2.24) is 4.90 Å². The molecule has 0 amide bonds. The van der Waals surface area contributed by atoms with Gasteiger partial charge in [0.15, 0.2) is 0 Å². The zero-order valence-corrected chi connectivity index (χ0v) is 11.9. The van der Waals surface area contributed by atoms with E-state index in [4.69, 9.17) is 0 Å². The van der Waals surface area contributed by atoms with Gasteiger partial charge in [-0.05, 0) is 51.0 Å². The van der Waals surface area contributed by atoms with Gasteiger partial charge in [0.1, 0.15) is 0 Å². The van der Waals surface area contributed by atoms with Crippen LogP contribution in [-0.2, 0) is 4.79 Å². The summed E-state index contributed by atoms with van der Waals surface area (Å²) in [5.74, 6) is 0.205. The number of likely N-dealkylation sites (tertiary alicyclic amines) is 1. The van der Waals surface area contributed by atoms with Gasteiger partial charge in [-0.2, -0.15) is 0 Å². The second kappa shape index (κ2) is 5.82. The van der Waals surface area contributed by atoms with Gasteiger partial charge in [-0.3, -0.25) is 9.69 Å². The minimum atomic E-state index is -0.553. The summed E-state index contributed by atoms with van der Waals surface area (Å²) in [6.07, 6.45) is 12.4. The standard InChI is InChI=1S/C16H27NO2/c18-16(19)13-8-2-4-10-15(13)17-11-5-7-12-6-1-3-9-14(12)17/h12-15H,1-11H2,(H,18,19)/t12-,13?,14-,15?/m1/s1. The van der Waals surface area contributed by atoms with Gasteiger partial charge in [-0.1, -0.05) is 25.7 Å². The fourth-order valence-electron chi connectivity index (χ4n) is 4.87. The van der Waals surface area contributed by atoms with Gasteiger partial charge in [-0.25, -0.2) is 0 Å². The SMILES string of the molecule is O=C(O)C1CCCCC1N1CCC[C@H]2CCCC[C@H]21. The van der Waals surface area contributed by atoms with Crippen LogP contribution in [0.3, 0.4) is 0 Å². The fourth-order valence-corrected chi connectivity index (χ4v) is 4.87. The minimum absolute atomic E-state index is 0.102. The van der Waals surface area contributed by atoms with Crippen molar-refractivity contribution in [3.05, 3.63) is 0 Å². The third-order valence-corrected chi connectivity index (χ3v) is 5.76. The largest absolute Gasteiger partial charge is 0.481 e. The first-order valence-electron chi connectivity index (χ1n) is 8.26. The molecule has 0 aromatic rings. The zero-order chi connectivity index (χ0) is 13.2. The monoisotopic (exact) mass is 265 g/mol. The van der Waals surface area contributed by atoms with Crippen molar-refractivity contribution >= 4 is 5.97 Å². The molecular weight excluding hydrogens is 238 g/mol. The Labute approximate surface area is 116 Å². The highest BCUT2D eigenvalue weighted by Crippen LogP contribution is 2.40. The number of carbonyl (C=O) groups is 1. The number of piperidine rings is 1. The van der Waals surface area contributed by atoms with E-state index in [-0.39, 0.29) is 5.92 Å². The summed E-state index contributed by atoms with van der Waals surface area (Å²) in [7, 11) is 0. The topological polar surface area (TPSA) is 40.5 Å². The summed E-state index contributed by atoms with van der Waals surface area (Å²) in [6.45, 7) is 1.15. The van der Waals surface area contributed by atoms with E-state index in [0.29, 0.717) is 12.1 Å². The molecule has 0 spiro atoms. The molecular formula is C16H27NO2. The molecule has 2 saturated carbocycles. The summed E-state index contributed by atoms with van der Waals surface area (Å²) >= 11 is 0. The van der Waals surface area contributed by atoms with Crippen LogP contribution in [0.4, 0.5) is 0 Å². The molecule has 3 nitrogen and oxygen atoms in total. The second-order valence-corrected chi connectivity index (χ2v) is 6.79. The summed E-state index contributed by atoms with van der Waals surface area (Å²) in [5.41, 5.74) is 0. The number of carboxylic acids is 1. The smallest absolute Gasteiger partial charge is 0.308 e. The number of carboxylic acid groups (broad SMARTS) is 1. The van der Waals surface area contributed by atoms with Gasteiger partial charge in [0.2, 0.25) is 0 Å². The molecule has 1 saturated heterocycles. The zero-order valence-electron chi connectivity index (χ0n) is 11.9. The van der Waals surface area contributed by atoms with Gasteiger partial charge in [0, 0.05) is 12.1 Å². The number of fused-ring (bicyclic) bond motifs is 1. The van der Waals surface area contributed by atoms with E-state index in [1.54, 1.807) is 0 Å². The fraction of sp³-hybridized carbons (Fsp3) is 0.938. The maximum absolute atomic E-state index is 11.5. The Kier molecular flexibility index (Phi) is 4.11. The molecule has 0 aromatic carbocycles. The highest BCUT2D eigenvalue weighted by molar-refractivity contribution is 5.71. The number of rotatable bonds is 2. The molecule has 4 atom stereocenters. The molecule has 0 bridgehead atoms. The molecule has 108 valence electrons. The first-order chi connectivity index (χ1) is 9.27. The predicted molar refractivity (Wildman–Crippen MR) is 75.1 cm³/mol. The highest BCUT2D eigenvalue weighted by Gasteiger charge is 2.41. The molecule has 3 fully saturated rings. The van der Waals surface area contributed by atoms with E-state index >= 15 is 0 Å². The molecule has 2 unspecified atom stereocenters. The van der Waals surface area contributed by atoms with E-state index in [0.717, 1.165) is 31.7 Å². The molecule has 2 aliphatic carbocycles. The quantitative estimate of drug-likeness (QED) is 0.833. The van der Waals surface area contributed by atoms with Gasteiger partial charge < -0.3 is 5.11 Å². The molecule has 3 aliphatic rings. The lowest BCUT2D eigenvalue weighted by Crippen LogP contribution is -2.55. The van der Waals surface area contributed by atoms with Crippen molar-refractivity contribution in [3.8, 4) is 0 Å². The average molecular weight is 265 g/mol. The van der Waals surface area contributed by atoms with Crippen LogP contribution in [0.15, 0.2) is 0 Å². The van der Waals surface area contributed by atoms with E-state index in [9.17, 15) is 9.90 Å². The van der Waals surface area contributed by atoms with E-state index in [2.05, 4.69) is 4.90 Å². The van der Waals surface area contributed by atoms with Crippen LogP contribution < -0.4 is 0 Å². The Balaban J connectivity index is 1.76. The van der Waals surface area contributed by atoms with Crippen LogP contribution in [0.25, 0.3) is 0 Å². The number of nitrogens with zero attached hydrogens (tertiary/aromatic N) is 1. The average Bonchev–Trinajstić information content (AvgIpc) is 2.46. The van der Waals surface area contributed by atoms with E-state index in [1.165, 1.54) is 44.9 Å². The molecule has 0 aromatic heterocycles. The third kappa shape index (κ3) is 2.67. The second-order valence-electron chi connectivity index (χ2n) is 6.79. The third-order valence-electron chi connectivity index (χ3n) is 5.76. The molecule has 19 heavy (non-hydrogen) atoms. The minimum Gasteiger partial charge on any atom is -0.481 e. The summed E-state index contributed by atoms with van der Waals surface area (Å²) < 4.78 is 0. The first kappa shape index (κ1) is 13.4. The summed E-state index contributed by atoms with van der Waals surface area (Å²) in [6, 6.07) is 1.03. The maximum Gasteiger partial charge on any atom is 0.308 e.